The number of rotatable bonds is 4. The summed E-state index contributed by atoms with van der Waals surface area (Å²) in [4.78, 5) is 4.63. The second-order valence-electron chi connectivity index (χ2n) is 4.53. The topological polar surface area (TPSA) is 27.7 Å². The lowest BCUT2D eigenvalue weighted by molar-refractivity contribution is 0.243. The van der Waals surface area contributed by atoms with Crippen molar-refractivity contribution in [3.8, 4) is 5.75 Å². The number of anilines is 1. The average molecular weight is 270 g/mol. The van der Waals surface area contributed by atoms with Crippen LogP contribution in [0.15, 0.2) is 18.2 Å². The van der Waals surface area contributed by atoms with Crippen LogP contribution in [-0.2, 0) is 0 Å². The molecule has 0 aromatic heterocycles. The van der Waals surface area contributed by atoms with Crippen LogP contribution >= 0.6 is 11.6 Å². The average Bonchev–Trinajstić information content (AvgIpc) is 2.39. The molecular formula is C13H20ClN3O. The van der Waals surface area contributed by atoms with E-state index in [2.05, 4.69) is 22.2 Å². The van der Waals surface area contributed by atoms with Crippen LogP contribution in [0.25, 0.3) is 0 Å². The molecule has 1 aliphatic heterocycles. The van der Waals surface area contributed by atoms with E-state index in [0.29, 0.717) is 5.02 Å². The first kappa shape index (κ1) is 13.5. The Morgan fingerprint density at radius 1 is 1.39 bits per heavy atom. The monoisotopic (exact) mass is 269 g/mol. The molecule has 100 valence electrons. The van der Waals surface area contributed by atoms with Gasteiger partial charge in [-0.3, -0.25) is 4.90 Å². The number of hydrogen-bond acceptors (Lipinski definition) is 4. The Labute approximate surface area is 113 Å². The maximum atomic E-state index is 6.14. The van der Waals surface area contributed by atoms with Gasteiger partial charge in [0, 0.05) is 38.9 Å². The van der Waals surface area contributed by atoms with Gasteiger partial charge in [0.1, 0.15) is 5.75 Å². The fourth-order valence-electron chi connectivity index (χ4n) is 2.13. The van der Waals surface area contributed by atoms with E-state index in [1.54, 1.807) is 7.11 Å². The number of nitrogens with one attached hydrogen (secondary N) is 1. The maximum absolute atomic E-state index is 6.14. The predicted octanol–water partition coefficient (Wildman–Crippen LogP) is 1.65. The molecule has 1 aromatic carbocycles. The van der Waals surface area contributed by atoms with Crippen molar-refractivity contribution in [3.63, 3.8) is 0 Å². The molecule has 5 heteroatoms. The third-order valence-electron chi connectivity index (χ3n) is 3.20. The molecule has 0 aliphatic carbocycles. The minimum atomic E-state index is 0.655. The first-order valence-electron chi connectivity index (χ1n) is 6.18. The van der Waals surface area contributed by atoms with Crippen LogP contribution in [0.1, 0.15) is 0 Å². The summed E-state index contributed by atoms with van der Waals surface area (Å²) >= 11 is 6.14. The highest BCUT2D eigenvalue weighted by Gasteiger charge is 2.12. The van der Waals surface area contributed by atoms with E-state index in [1.807, 2.05) is 18.2 Å². The molecule has 1 saturated heterocycles. The van der Waals surface area contributed by atoms with E-state index >= 15 is 0 Å². The van der Waals surface area contributed by atoms with Crippen molar-refractivity contribution in [3.05, 3.63) is 23.2 Å². The van der Waals surface area contributed by atoms with Crippen LogP contribution in [0.2, 0.25) is 5.02 Å². The summed E-state index contributed by atoms with van der Waals surface area (Å²) in [5.41, 5.74) is 1.11. The highest BCUT2D eigenvalue weighted by molar-refractivity contribution is 6.32. The van der Waals surface area contributed by atoms with E-state index < -0.39 is 0 Å². The van der Waals surface area contributed by atoms with E-state index in [4.69, 9.17) is 16.3 Å². The normalized spacial score (nSPS) is 16.6. The fourth-order valence-corrected chi connectivity index (χ4v) is 2.38. The molecule has 0 bridgehead atoms. The Kier molecular flexibility index (Phi) is 4.69. The summed E-state index contributed by atoms with van der Waals surface area (Å²) in [5.74, 6) is 0.719. The van der Waals surface area contributed by atoms with Crippen LogP contribution in [0.5, 0.6) is 5.75 Å². The summed E-state index contributed by atoms with van der Waals surface area (Å²) in [6.07, 6.45) is 0. The zero-order valence-corrected chi connectivity index (χ0v) is 11.7. The van der Waals surface area contributed by atoms with Gasteiger partial charge >= 0.3 is 0 Å². The molecule has 1 aliphatic rings. The SMILES string of the molecule is COc1ccc(N(C)CN2CCNCC2)cc1Cl. The number of ether oxygens (including phenoxy) is 1. The van der Waals surface area contributed by atoms with Gasteiger partial charge in [0.25, 0.3) is 0 Å². The molecular weight excluding hydrogens is 250 g/mol. The van der Waals surface area contributed by atoms with Crippen molar-refractivity contribution in [2.75, 3.05) is 51.9 Å². The second-order valence-corrected chi connectivity index (χ2v) is 4.93. The molecule has 0 spiro atoms. The Hall–Kier alpha value is -0.970. The van der Waals surface area contributed by atoms with Gasteiger partial charge in [-0.05, 0) is 18.2 Å². The molecule has 0 radical (unpaired) electrons. The van der Waals surface area contributed by atoms with Crippen molar-refractivity contribution in [1.82, 2.24) is 10.2 Å². The van der Waals surface area contributed by atoms with Gasteiger partial charge in [0.15, 0.2) is 0 Å². The van der Waals surface area contributed by atoms with Crippen LogP contribution in [0, 0.1) is 0 Å². The summed E-state index contributed by atoms with van der Waals surface area (Å²) in [6.45, 7) is 5.24. The largest absolute Gasteiger partial charge is 0.495 e. The van der Waals surface area contributed by atoms with E-state index in [9.17, 15) is 0 Å². The fraction of sp³-hybridized carbons (Fsp3) is 0.538. The van der Waals surface area contributed by atoms with Gasteiger partial charge in [-0.1, -0.05) is 11.6 Å². The number of piperazine rings is 1. The molecule has 1 aromatic rings. The lowest BCUT2D eigenvalue weighted by Gasteiger charge is -2.32. The molecule has 1 fully saturated rings. The first-order chi connectivity index (χ1) is 8.70. The zero-order valence-electron chi connectivity index (χ0n) is 10.9. The van der Waals surface area contributed by atoms with Crippen LogP contribution < -0.4 is 15.0 Å². The van der Waals surface area contributed by atoms with Crippen LogP contribution in [0.4, 0.5) is 5.69 Å². The van der Waals surface area contributed by atoms with Gasteiger partial charge in [0.2, 0.25) is 0 Å². The third kappa shape index (κ3) is 3.28. The van der Waals surface area contributed by atoms with Crippen molar-refractivity contribution < 1.29 is 4.74 Å². The van der Waals surface area contributed by atoms with Crippen molar-refractivity contribution in [2.24, 2.45) is 0 Å². The molecule has 18 heavy (non-hydrogen) atoms. The summed E-state index contributed by atoms with van der Waals surface area (Å²) in [5, 5.41) is 4.01. The number of halogens is 1. The predicted molar refractivity (Wildman–Crippen MR) is 75.7 cm³/mol. The van der Waals surface area contributed by atoms with Gasteiger partial charge in [-0.15, -0.1) is 0 Å². The van der Waals surface area contributed by atoms with Crippen LogP contribution in [-0.4, -0.2) is 51.9 Å². The molecule has 1 heterocycles. The Bertz CT molecular complexity index is 394. The number of benzene rings is 1. The minimum Gasteiger partial charge on any atom is -0.495 e. The van der Waals surface area contributed by atoms with Gasteiger partial charge in [-0.25, -0.2) is 0 Å². The van der Waals surface area contributed by atoms with E-state index in [0.717, 1.165) is 44.3 Å². The first-order valence-corrected chi connectivity index (χ1v) is 6.56. The Balaban J connectivity index is 1.99. The molecule has 0 amide bonds. The molecule has 1 N–H and O–H groups in total. The smallest absolute Gasteiger partial charge is 0.137 e. The van der Waals surface area contributed by atoms with E-state index in [1.165, 1.54) is 0 Å². The third-order valence-corrected chi connectivity index (χ3v) is 3.49. The molecule has 0 unspecified atom stereocenters. The second kappa shape index (κ2) is 6.27. The quantitative estimate of drug-likeness (QED) is 0.900. The summed E-state index contributed by atoms with van der Waals surface area (Å²) in [6, 6.07) is 5.89. The number of methoxy groups -OCH3 is 1. The summed E-state index contributed by atoms with van der Waals surface area (Å²) < 4.78 is 5.16. The van der Waals surface area contributed by atoms with E-state index in [-0.39, 0.29) is 0 Å². The molecule has 2 rings (SSSR count). The van der Waals surface area contributed by atoms with Crippen LogP contribution in [0.3, 0.4) is 0 Å². The lowest BCUT2D eigenvalue weighted by Crippen LogP contribution is -2.47. The minimum absolute atomic E-state index is 0.655. The van der Waals surface area contributed by atoms with Gasteiger partial charge in [-0.2, -0.15) is 0 Å². The molecule has 4 nitrogen and oxygen atoms in total. The molecule has 0 saturated carbocycles. The van der Waals surface area contributed by atoms with Crippen molar-refractivity contribution in [2.45, 2.75) is 0 Å². The van der Waals surface area contributed by atoms with Crippen molar-refractivity contribution in [1.29, 1.82) is 0 Å². The zero-order chi connectivity index (χ0) is 13.0. The van der Waals surface area contributed by atoms with Gasteiger partial charge in [0.05, 0.1) is 18.8 Å². The Morgan fingerprint density at radius 2 is 2.11 bits per heavy atom. The number of nitrogens with zero attached hydrogens (tertiary/aromatic N) is 2. The highest BCUT2D eigenvalue weighted by atomic mass is 35.5. The van der Waals surface area contributed by atoms with Crippen molar-refractivity contribution >= 4 is 17.3 Å². The maximum Gasteiger partial charge on any atom is 0.137 e. The standard InChI is InChI=1S/C13H20ClN3O/c1-16(10-17-7-5-15-6-8-17)11-3-4-13(18-2)12(14)9-11/h3-4,9,15H,5-8,10H2,1-2H3. The molecule has 0 atom stereocenters. The summed E-state index contributed by atoms with van der Waals surface area (Å²) in [7, 11) is 3.71. The number of hydrogen-bond donors (Lipinski definition) is 1. The van der Waals surface area contributed by atoms with Gasteiger partial charge < -0.3 is 15.0 Å². The lowest BCUT2D eigenvalue weighted by atomic mass is 10.3. The Morgan fingerprint density at radius 3 is 2.72 bits per heavy atom. The highest BCUT2D eigenvalue weighted by Crippen LogP contribution is 2.28.